The topological polar surface area (TPSA) is 87.6 Å². The number of nitrogens with one attached hydrogen (secondary N) is 3. The van der Waals surface area contributed by atoms with Gasteiger partial charge in [0.2, 0.25) is 0 Å². The molecule has 30 heavy (non-hydrogen) atoms. The Bertz CT molecular complexity index is 1110. The molecule has 2 aromatic carbocycles. The van der Waals surface area contributed by atoms with E-state index in [-0.39, 0.29) is 6.03 Å². The SMILES string of the molecule is Cc1nn(-c2ccccc2)c(C)c1CNC(=O)NCCCc1nc2ccccc2[nH]1. The maximum atomic E-state index is 12.2. The fourth-order valence-electron chi connectivity index (χ4n) is 3.56. The van der Waals surface area contributed by atoms with Crippen LogP contribution in [0.1, 0.15) is 29.2 Å². The predicted octanol–water partition coefficient (Wildman–Crippen LogP) is 3.80. The van der Waals surface area contributed by atoms with E-state index in [9.17, 15) is 4.79 Å². The third-order valence-electron chi connectivity index (χ3n) is 5.18. The number of para-hydroxylation sites is 3. The van der Waals surface area contributed by atoms with Crippen LogP contribution in [0.25, 0.3) is 16.7 Å². The number of benzene rings is 2. The molecule has 7 heteroatoms. The van der Waals surface area contributed by atoms with Crippen LogP contribution in [0.4, 0.5) is 4.79 Å². The van der Waals surface area contributed by atoms with Crippen molar-refractivity contribution in [2.75, 3.05) is 6.54 Å². The lowest BCUT2D eigenvalue weighted by atomic mass is 10.2. The van der Waals surface area contributed by atoms with Crippen LogP contribution >= 0.6 is 0 Å². The lowest BCUT2D eigenvalue weighted by Gasteiger charge is -2.08. The number of H-pyrrole nitrogens is 1. The molecular weight excluding hydrogens is 376 g/mol. The number of fused-ring (bicyclic) bond motifs is 1. The molecule has 4 rings (SSSR count). The van der Waals surface area contributed by atoms with Gasteiger partial charge in [-0.1, -0.05) is 30.3 Å². The zero-order valence-corrected chi connectivity index (χ0v) is 17.3. The van der Waals surface area contributed by atoms with Gasteiger partial charge in [-0.2, -0.15) is 5.10 Å². The van der Waals surface area contributed by atoms with Crippen molar-refractivity contribution in [3.63, 3.8) is 0 Å². The van der Waals surface area contributed by atoms with Gasteiger partial charge in [-0.3, -0.25) is 0 Å². The first-order valence-electron chi connectivity index (χ1n) is 10.2. The number of urea groups is 1. The molecule has 0 fully saturated rings. The number of carbonyl (C=O) groups excluding carboxylic acids is 1. The maximum absolute atomic E-state index is 12.2. The van der Waals surface area contributed by atoms with Gasteiger partial charge in [0.25, 0.3) is 0 Å². The molecule has 2 aromatic heterocycles. The molecule has 0 aliphatic rings. The Labute approximate surface area is 175 Å². The number of hydrogen-bond donors (Lipinski definition) is 3. The standard InChI is InChI=1S/C23H26N6O/c1-16-19(17(2)29(28-16)18-9-4-3-5-10-18)15-25-23(30)24-14-8-13-22-26-20-11-6-7-12-21(20)27-22/h3-7,9-12H,8,13-15H2,1-2H3,(H,26,27)(H2,24,25,30). The first-order chi connectivity index (χ1) is 14.6. The molecule has 0 aliphatic heterocycles. The van der Waals surface area contributed by atoms with E-state index in [2.05, 4.69) is 25.7 Å². The first-order valence-corrected chi connectivity index (χ1v) is 10.2. The van der Waals surface area contributed by atoms with E-state index in [4.69, 9.17) is 0 Å². The van der Waals surface area contributed by atoms with Crippen LogP contribution in [0.5, 0.6) is 0 Å². The molecule has 2 amide bonds. The molecule has 0 saturated carbocycles. The molecule has 3 N–H and O–H groups in total. The van der Waals surface area contributed by atoms with Crippen molar-refractivity contribution in [2.24, 2.45) is 0 Å². The highest BCUT2D eigenvalue weighted by Gasteiger charge is 2.13. The van der Waals surface area contributed by atoms with E-state index >= 15 is 0 Å². The summed E-state index contributed by atoms with van der Waals surface area (Å²) in [5.74, 6) is 0.943. The van der Waals surface area contributed by atoms with E-state index in [1.54, 1.807) is 0 Å². The molecule has 7 nitrogen and oxygen atoms in total. The normalized spacial score (nSPS) is 11.0. The Morgan fingerprint density at radius 1 is 1.03 bits per heavy atom. The van der Waals surface area contributed by atoms with E-state index in [0.29, 0.717) is 13.1 Å². The summed E-state index contributed by atoms with van der Waals surface area (Å²) >= 11 is 0. The molecule has 0 atom stereocenters. The molecule has 0 aliphatic carbocycles. The lowest BCUT2D eigenvalue weighted by molar-refractivity contribution is 0.240. The van der Waals surface area contributed by atoms with Gasteiger partial charge >= 0.3 is 6.03 Å². The average molecular weight is 403 g/mol. The van der Waals surface area contributed by atoms with Crippen molar-refractivity contribution in [3.05, 3.63) is 77.4 Å². The number of aromatic nitrogens is 4. The van der Waals surface area contributed by atoms with Gasteiger partial charge in [0.15, 0.2) is 0 Å². The minimum absolute atomic E-state index is 0.175. The Morgan fingerprint density at radius 2 is 1.80 bits per heavy atom. The highest BCUT2D eigenvalue weighted by molar-refractivity contribution is 5.75. The summed E-state index contributed by atoms with van der Waals surface area (Å²) in [6.07, 6.45) is 1.61. The van der Waals surface area contributed by atoms with E-state index in [1.807, 2.05) is 73.1 Å². The lowest BCUT2D eigenvalue weighted by Crippen LogP contribution is -2.35. The molecule has 0 radical (unpaired) electrons. The van der Waals surface area contributed by atoms with Crippen molar-refractivity contribution >= 4 is 17.1 Å². The maximum Gasteiger partial charge on any atom is 0.315 e. The summed E-state index contributed by atoms with van der Waals surface area (Å²) < 4.78 is 1.91. The fourth-order valence-corrected chi connectivity index (χ4v) is 3.56. The van der Waals surface area contributed by atoms with Gasteiger partial charge in [-0.15, -0.1) is 0 Å². The predicted molar refractivity (Wildman–Crippen MR) is 118 cm³/mol. The van der Waals surface area contributed by atoms with Gasteiger partial charge < -0.3 is 15.6 Å². The number of carbonyl (C=O) groups is 1. The number of amides is 2. The van der Waals surface area contributed by atoms with Gasteiger partial charge in [-0.25, -0.2) is 14.5 Å². The van der Waals surface area contributed by atoms with Crippen molar-refractivity contribution in [2.45, 2.75) is 33.2 Å². The number of rotatable bonds is 7. The Morgan fingerprint density at radius 3 is 2.60 bits per heavy atom. The van der Waals surface area contributed by atoms with E-state index in [0.717, 1.165) is 52.3 Å². The number of hydrogen-bond acceptors (Lipinski definition) is 3. The van der Waals surface area contributed by atoms with E-state index in [1.165, 1.54) is 0 Å². The van der Waals surface area contributed by atoms with Crippen LogP contribution in [-0.4, -0.2) is 32.3 Å². The number of aryl methyl sites for hydroxylation is 2. The van der Waals surface area contributed by atoms with Crippen LogP contribution in [0.2, 0.25) is 0 Å². The molecular formula is C23H26N6O. The van der Waals surface area contributed by atoms with Gasteiger partial charge in [0.05, 0.1) is 22.4 Å². The monoisotopic (exact) mass is 402 g/mol. The molecule has 0 saturated heterocycles. The summed E-state index contributed by atoms with van der Waals surface area (Å²) in [5.41, 5.74) is 6.01. The van der Waals surface area contributed by atoms with Crippen LogP contribution in [-0.2, 0) is 13.0 Å². The van der Waals surface area contributed by atoms with Gasteiger partial charge in [0.1, 0.15) is 5.82 Å². The third kappa shape index (κ3) is 4.35. The summed E-state index contributed by atoms with van der Waals surface area (Å²) in [6.45, 7) is 5.02. The third-order valence-corrected chi connectivity index (χ3v) is 5.18. The molecule has 0 spiro atoms. The average Bonchev–Trinajstić information content (AvgIpc) is 3.30. The molecule has 154 valence electrons. The summed E-state index contributed by atoms with van der Waals surface area (Å²) in [7, 11) is 0. The summed E-state index contributed by atoms with van der Waals surface area (Å²) in [5, 5.41) is 10.5. The second-order valence-electron chi connectivity index (χ2n) is 7.31. The van der Waals surface area contributed by atoms with Crippen molar-refractivity contribution in [1.82, 2.24) is 30.4 Å². The quantitative estimate of drug-likeness (QED) is 0.411. The smallest absolute Gasteiger partial charge is 0.315 e. The molecule has 0 unspecified atom stereocenters. The fraction of sp³-hybridized carbons (Fsp3) is 0.261. The van der Waals surface area contributed by atoms with Gasteiger partial charge in [0, 0.05) is 30.8 Å². The molecule has 4 aromatic rings. The zero-order valence-electron chi connectivity index (χ0n) is 17.3. The second-order valence-corrected chi connectivity index (χ2v) is 7.31. The zero-order chi connectivity index (χ0) is 20.9. The van der Waals surface area contributed by atoms with Crippen LogP contribution in [0.3, 0.4) is 0 Å². The van der Waals surface area contributed by atoms with Crippen molar-refractivity contribution < 1.29 is 4.79 Å². The largest absolute Gasteiger partial charge is 0.342 e. The molecule has 0 bridgehead atoms. The first kappa shape index (κ1) is 19.7. The molecule has 2 heterocycles. The number of nitrogens with zero attached hydrogens (tertiary/aromatic N) is 3. The van der Waals surface area contributed by atoms with Gasteiger partial charge in [-0.05, 0) is 44.5 Å². The van der Waals surface area contributed by atoms with Crippen LogP contribution in [0, 0.1) is 13.8 Å². The van der Waals surface area contributed by atoms with Crippen LogP contribution in [0.15, 0.2) is 54.6 Å². The minimum atomic E-state index is -0.175. The van der Waals surface area contributed by atoms with Crippen molar-refractivity contribution in [3.8, 4) is 5.69 Å². The minimum Gasteiger partial charge on any atom is -0.342 e. The Kier molecular flexibility index (Phi) is 5.79. The van der Waals surface area contributed by atoms with E-state index < -0.39 is 0 Å². The summed E-state index contributed by atoms with van der Waals surface area (Å²) in [4.78, 5) is 20.1. The highest BCUT2D eigenvalue weighted by Crippen LogP contribution is 2.17. The Hall–Kier alpha value is -3.61. The summed E-state index contributed by atoms with van der Waals surface area (Å²) in [6, 6.07) is 17.8. The highest BCUT2D eigenvalue weighted by atomic mass is 16.2. The van der Waals surface area contributed by atoms with Crippen molar-refractivity contribution in [1.29, 1.82) is 0 Å². The van der Waals surface area contributed by atoms with Crippen LogP contribution < -0.4 is 10.6 Å². The Balaban J connectivity index is 1.25. The second kappa shape index (κ2) is 8.82. The number of imidazole rings is 1. The number of aromatic amines is 1.